The number of benzene rings is 1. The van der Waals surface area contributed by atoms with E-state index in [-0.39, 0.29) is 0 Å². The zero-order valence-corrected chi connectivity index (χ0v) is 11.3. The molecule has 3 nitrogen and oxygen atoms in total. The van der Waals surface area contributed by atoms with E-state index in [2.05, 4.69) is 38.0 Å². The fraction of sp³-hybridized carbons (Fsp3) is 0.308. The standard InChI is InChI=1S/C13H15BrN2O/c1-17-12-4-2-10(3-5-12)8-11(14)9-13-15-6-7-16-13/h2-7,11H,8-9H2,1H3,(H,15,16). The first-order valence-electron chi connectivity index (χ1n) is 5.53. The Kier molecular flexibility index (Phi) is 4.20. The van der Waals surface area contributed by atoms with Crippen LogP contribution in [0.3, 0.4) is 0 Å². The summed E-state index contributed by atoms with van der Waals surface area (Å²) in [6.07, 6.45) is 5.51. The van der Waals surface area contributed by atoms with Crippen molar-refractivity contribution in [3.8, 4) is 5.75 Å². The number of hydrogen-bond acceptors (Lipinski definition) is 2. The minimum atomic E-state index is 0.391. The second-order valence-electron chi connectivity index (χ2n) is 3.89. The van der Waals surface area contributed by atoms with E-state index in [1.165, 1.54) is 5.56 Å². The number of hydrogen-bond donors (Lipinski definition) is 1. The van der Waals surface area contributed by atoms with Gasteiger partial charge in [-0.15, -0.1) is 0 Å². The highest BCUT2D eigenvalue weighted by Gasteiger charge is 2.08. The van der Waals surface area contributed by atoms with Crippen molar-refractivity contribution in [2.24, 2.45) is 0 Å². The summed E-state index contributed by atoms with van der Waals surface area (Å²) >= 11 is 3.68. The van der Waals surface area contributed by atoms with Gasteiger partial charge in [0.05, 0.1) is 7.11 Å². The van der Waals surface area contributed by atoms with Gasteiger partial charge in [0.15, 0.2) is 0 Å². The van der Waals surface area contributed by atoms with Crippen molar-refractivity contribution in [2.45, 2.75) is 17.7 Å². The smallest absolute Gasteiger partial charge is 0.118 e. The predicted octanol–water partition coefficient (Wildman–Crippen LogP) is 2.97. The molecule has 2 rings (SSSR count). The average Bonchev–Trinajstić information content (AvgIpc) is 2.82. The highest BCUT2D eigenvalue weighted by atomic mass is 79.9. The maximum atomic E-state index is 5.13. The van der Waals surface area contributed by atoms with Gasteiger partial charge in [0, 0.05) is 23.6 Å². The lowest BCUT2D eigenvalue weighted by molar-refractivity contribution is 0.414. The van der Waals surface area contributed by atoms with E-state index in [0.29, 0.717) is 4.83 Å². The zero-order chi connectivity index (χ0) is 12.1. The summed E-state index contributed by atoms with van der Waals surface area (Å²) in [6, 6.07) is 8.16. The molecule has 17 heavy (non-hydrogen) atoms. The van der Waals surface area contributed by atoms with Crippen molar-refractivity contribution in [3.05, 3.63) is 48.0 Å². The second kappa shape index (κ2) is 5.87. The van der Waals surface area contributed by atoms with Crippen LogP contribution >= 0.6 is 15.9 Å². The van der Waals surface area contributed by atoms with E-state index < -0.39 is 0 Å². The van der Waals surface area contributed by atoms with E-state index in [4.69, 9.17) is 4.74 Å². The van der Waals surface area contributed by atoms with E-state index in [1.54, 1.807) is 13.3 Å². The molecule has 1 atom stereocenters. The molecule has 1 N–H and O–H groups in total. The van der Waals surface area contributed by atoms with Crippen LogP contribution in [0.2, 0.25) is 0 Å². The Labute approximate surface area is 109 Å². The van der Waals surface area contributed by atoms with Crippen LogP contribution in [-0.4, -0.2) is 21.9 Å². The molecule has 0 saturated carbocycles. The molecule has 0 radical (unpaired) electrons. The molecule has 0 aliphatic carbocycles. The van der Waals surface area contributed by atoms with Gasteiger partial charge in [-0.1, -0.05) is 28.1 Å². The van der Waals surface area contributed by atoms with Crippen LogP contribution in [0, 0.1) is 0 Å². The number of halogens is 1. The van der Waals surface area contributed by atoms with Gasteiger partial charge < -0.3 is 9.72 Å². The number of imidazole rings is 1. The lowest BCUT2D eigenvalue weighted by Gasteiger charge is -2.08. The van der Waals surface area contributed by atoms with Gasteiger partial charge in [-0.25, -0.2) is 4.98 Å². The molecular formula is C13H15BrN2O. The molecule has 1 heterocycles. The van der Waals surface area contributed by atoms with E-state index in [0.717, 1.165) is 24.4 Å². The van der Waals surface area contributed by atoms with Crippen molar-refractivity contribution < 1.29 is 4.74 Å². The number of methoxy groups -OCH3 is 1. The van der Waals surface area contributed by atoms with Gasteiger partial charge in [0.2, 0.25) is 0 Å². The fourth-order valence-electron chi connectivity index (χ4n) is 1.71. The van der Waals surface area contributed by atoms with Gasteiger partial charge >= 0.3 is 0 Å². The maximum absolute atomic E-state index is 5.13. The van der Waals surface area contributed by atoms with Gasteiger partial charge in [0.1, 0.15) is 11.6 Å². The molecule has 90 valence electrons. The quantitative estimate of drug-likeness (QED) is 0.861. The summed E-state index contributed by atoms with van der Waals surface area (Å²) in [6.45, 7) is 0. The topological polar surface area (TPSA) is 37.9 Å². The van der Waals surface area contributed by atoms with Crippen LogP contribution in [-0.2, 0) is 12.8 Å². The maximum Gasteiger partial charge on any atom is 0.118 e. The van der Waals surface area contributed by atoms with Crippen LogP contribution in [0.25, 0.3) is 0 Å². The Balaban J connectivity index is 1.91. The van der Waals surface area contributed by atoms with Crippen LogP contribution in [0.1, 0.15) is 11.4 Å². The van der Waals surface area contributed by atoms with Gasteiger partial charge in [0.25, 0.3) is 0 Å². The summed E-state index contributed by atoms with van der Waals surface area (Å²) < 4.78 is 5.13. The minimum Gasteiger partial charge on any atom is -0.497 e. The molecule has 0 spiro atoms. The van der Waals surface area contributed by atoms with Crippen molar-refractivity contribution in [1.29, 1.82) is 0 Å². The summed E-state index contributed by atoms with van der Waals surface area (Å²) in [4.78, 5) is 7.72. The van der Waals surface area contributed by atoms with E-state index in [9.17, 15) is 0 Å². The second-order valence-corrected chi connectivity index (χ2v) is 5.18. The molecule has 0 aliphatic heterocycles. The highest BCUT2D eigenvalue weighted by Crippen LogP contribution is 2.17. The fourth-order valence-corrected chi connectivity index (χ4v) is 2.39. The molecule has 1 unspecified atom stereocenters. The van der Waals surface area contributed by atoms with Crippen LogP contribution < -0.4 is 4.74 Å². The first-order valence-corrected chi connectivity index (χ1v) is 6.45. The average molecular weight is 295 g/mol. The molecule has 0 amide bonds. The number of rotatable bonds is 5. The third-order valence-corrected chi connectivity index (χ3v) is 3.23. The van der Waals surface area contributed by atoms with E-state index in [1.807, 2.05) is 18.3 Å². The third kappa shape index (κ3) is 3.60. The summed E-state index contributed by atoms with van der Waals surface area (Å²) in [7, 11) is 1.68. The Bertz CT molecular complexity index is 439. The van der Waals surface area contributed by atoms with Crippen molar-refractivity contribution in [2.75, 3.05) is 7.11 Å². The molecule has 0 saturated heterocycles. The number of ether oxygens (including phenoxy) is 1. The zero-order valence-electron chi connectivity index (χ0n) is 9.69. The predicted molar refractivity (Wildman–Crippen MR) is 71.7 cm³/mol. The Morgan fingerprint density at radius 2 is 2.06 bits per heavy atom. The molecule has 0 fully saturated rings. The number of aromatic amines is 1. The SMILES string of the molecule is COc1ccc(CC(Br)Cc2ncc[nH]2)cc1. The summed E-state index contributed by atoms with van der Waals surface area (Å²) in [5, 5.41) is 0. The van der Waals surface area contributed by atoms with E-state index >= 15 is 0 Å². The molecule has 0 bridgehead atoms. The first-order chi connectivity index (χ1) is 8.28. The van der Waals surface area contributed by atoms with Crippen molar-refractivity contribution >= 4 is 15.9 Å². The molecule has 0 aliphatic rings. The van der Waals surface area contributed by atoms with Crippen LogP contribution in [0.15, 0.2) is 36.7 Å². The Hall–Kier alpha value is -1.29. The van der Waals surface area contributed by atoms with Crippen LogP contribution in [0.4, 0.5) is 0 Å². The van der Waals surface area contributed by atoms with Gasteiger partial charge in [-0.05, 0) is 24.1 Å². The number of alkyl halides is 1. The number of H-pyrrole nitrogens is 1. The normalized spacial score (nSPS) is 12.4. The molecule has 1 aromatic heterocycles. The van der Waals surface area contributed by atoms with Crippen molar-refractivity contribution in [3.63, 3.8) is 0 Å². The monoisotopic (exact) mass is 294 g/mol. The largest absolute Gasteiger partial charge is 0.497 e. The minimum absolute atomic E-state index is 0.391. The Morgan fingerprint density at radius 1 is 1.29 bits per heavy atom. The Morgan fingerprint density at radius 3 is 2.65 bits per heavy atom. The van der Waals surface area contributed by atoms with Crippen molar-refractivity contribution in [1.82, 2.24) is 9.97 Å². The third-order valence-electron chi connectivity index (χ3n) is 2.59. The molecule has 4 heteroatoms. The number of nitrogens with one attached hydrogen (secondary N) is 1. The number of aromatic nitrogens is 2. The molecule has 1 aromatic carbocycles. The van der Waals surface area contributed by atoms with Gasteiger partial charge in [-0.3, -0.25) is 0 Å². The summed E-state index contributed by atoms with van der Waals surface area (Å²) in [5.41, 5.74) is 1.29. The highest BCUT2D eigenvalue weighted by molar-refractivity contribution is 9.09. The molecule has 2 aromatic rings. The number of nitrogens with zero attached hydrogens (tertiary/aromatic N) is 1. The first kappa shape index (κ1) is 12.2. The lowest BCUT2D eigenvalue weighted by Crippen LogP contribution is -2.07. The van der Waals surface area contributed by atoms with Gasteiger partial charge in [-0.2, -0.15) is 0 Å². The van der Waals surface area contributed by atoms with Crippen LogP contribution in [0.5, 0.6) is 5.75 Å². The lowest BCUT2D eigenvalue weighted by atomic mass is 10.1. The molecular weight excluding hydrogens is 280 g/mol. The summed E-state index contributed by atoms with van der Waals surface area (Å²) in [5.74, 6) is 1.91.